The van der Waals surface area contributed by atoms with Crippen molar-refractivity contribution < 1.29 is 0 Å². The second kappa shape index (κ2) is 4.49. The van der Waals surface area contributed by atoms with E-state index in [1.54, 1.807) is 0 Å². The molecule has 2 heterocycles. The molecule has 1 aromatic carbocycles. The minimum absolute atomic E-state index is 0.659. The number of para-hydroxylation sites is 1. The van der Waals surface area contributed by atoms with Crippen molar-refractivity contribution in [3.63, 3.8) is 0 Å². The van der Waals surface area contributed by atoms with E-state index in [9.17, 15) is 0 Å². The lowest BCUT2D eigenvalue weighted by Crippen LogP contribution is -2.08. The monoisotopic (exact) mass is 238 g/mol. The molecule has 0 bridgehead atoms. The Hall–Kier alpha value is -1.75. The lowest BCUT2D eigenvalue weighted by molar-refractivity contribution is 0.620. The molecule has 1 aliphatic heterocycles. The number of nitriles is 1. The highest BCUT2D eigenvalue weighted by Crippen LogP contribution is 2.33. The molecule has 0 saturated carbocycles. The molecule has 0 radical (unpaired) electrons. The normalized spacial score (nSPS) is 13.8. The van der Waals surface area contributed by atoms with Gasteiger partial charge in [-0.2, -0.15) is 5.26 Å². The highest BCUT2D eigenvalue weighted by atomic mass is 15.0. The molecule has 0 saturated heterocycles. The molecule has 0 spiro atoms. The van der Waals surface area contributed by atoms with Gasteiger partial charge >= 0.3 is 0 Å². The highest BCUT2D eigenvalue weighted by Gasteiger charge is 2.18. The fraction of sp³-hybridized carbons (Fsp3) is 0.438. The first kappa shape index (κ1) is 11.3. The molecule has 0 aliphatic carbocycles. The van der Waals surface area contributed by atoms with E-state index in [0.717, 1.165) is 19.4 Å². The minimum Gasteiger partial charge on any atom is -0.344 e. The fourth-order valence-electron chi connectivity index (χ4n) is 3.25. The van der Waals surface area contributed by atoms with E-state index < -0.39 is 0 Å². The Balaban J connectivity index is 2.12. The molecule has 0 amide bonds. The zero-order valence-electron chi connectivity index (χ0n) is 10.9. The Kier molecular flexibility index (Phi) is 2.83. The Bertz CT molecular complexity index is 629. The Morgan fingerprint density at radius 2 is 2.28 bits per heavy atom. The number of benzene rings is 1. The molecule has 92 valence electrons. The highest BCUT2D eigenvalue weighted by molar-refractivity contribution is 5.88. The topological polar surface area (TPSA) is 28.7 Å². The first-order chi connectivity index (χ1) is 8.83. The summed E-state index contributed by atoms with van der Waals surface area (Å²) in [6, 6.07) is 8.93. The lowest BCUT2D eigenvalue weighted by atomic mass is 10.0. The van der Waals surface area contributed by atoms with Crippen molar-refractivity contribution in [1.82, 2.24) is 4.57 Å². The average Bonchev–Trinajstić information content (AvgIpc) is 2.67. The molecule has 0 unspecified atom stereocenters. The smallest absolute Gasteiger partial charge is 0.0621 e. The molecule has 2 aromatic rings. The van der Waals surface area contributed by atoms with E-state index >= 15 is 0 Å². The molecule has 0 atom stereocenters. The maximum absolute atomic E-state index is 8.68. The Morgan fingerprint density at radius 3 is 3.11 bits per heavy atom. The summed E-state index contributed by atoms with van der Waals surface area (Å²) in [5, 5.41) is 10.1. The second-order valence-corrected chi connectivity index (χ2v) is 5.14. The number of hydrogen-bond donors (Lipinski definition) is 0. The van der Waals surface area contributed by atoms with Gasteiger partial charge in [0.1, 0.15) is 0 Å². The van der Waals surface area contributed by atoms with Crippen molar-refractivity contribution in [2.24, 2.45) is 0 Å². The number of hydrogen-bond acceptors (Lipinski definition) is 1. The van der Waals surface area contributed by atoms with Crippen LogP contribution in [0.4, 0.5) is 0 Å². The first-order valence-corrected chi connectivity index (χ1v) is 6.79. The maximum Gasteiger partial charge on any atom is 0.0621 e. The van der Waals surface area contributed by atoms with Crippen molar-refractivity contribution in [3.8, 4) is 6.07 Å². The van der Waals surface area contributed by atoms with Crippen LogP contribution in [-0.4, -0.2) is 4.57 Å². The Morgan fingerprint density at radius 1 is 1.39 bits per heavy atom. The number of rotatable bonds is 3. The Labute approximate surface area is 108 Å². The zero-order chi connectivity index (χ0) is 12.5. The quantitative estimate of drug-likeness (QED) is 0.749. The van der Waals surface area contributed by atoms with Gasteiger partial charge in [-0.25, -0.2) is 0 Å². The average molecular weight is 238 g/mol. The largest absolute Gasteiger partial charge is 0.344 e. The zero-order valence-corrected chi connectivity index (χ0v) is 10.9. The predicted molar refractivity (Wildman–Crippen MR) is 73.5 cm³/mol. The molecule has 0 fully saturated rings. The standard InChI is InChI=1S/C16H18N2/c1-12-14(8-2-3-10-17)15-9-4-6-13-7-5-11-18(12)16(13)15/h4,6,9H,2-3,5,7-8,11H2,1H3. The van der Waals surface area contributed by atoms with Crippen LogP contribution < -0.4 is 0 Å². The maximum atomic E-state index is 8.68. The van der Waals surface area contributed by atoms with Crippen LogP contribution in [0.1, 0.15) is 36.1 Å². The van der Waals surface area contributed by atoms with E-state index in [2.05, 4.69) is 35.8 Å². The van der Waals surface area contributed by atoms with E-state index in [0.29, 0.717) is 6.42 Å². The number of unbranched alkanes of at least 4 members (excludes halogenated alkanes) is 1. The van der Waals surface area contributed by atoms with Gasteiger partial charge in [-0.3, -0.25) is 0 Å². The number of aryl methyl sites for hydroxylation is 3. The summed E-state index contributed by atoms with van der Waals surface area (Å²) in [6.07, 6.45) is 5.12. The van der Waals surface area contributed by atoms with E-state index in [4.69, 9.17) is 5.26 Å². The molecule has 18 heavy (non-hydrogen) atoms. The molecular formula is C16H18N2. The van der Waals surface area contributed by atoms with Gasteiger partial charge in [0.2, 0.25) is 0 Å². The third-order valence-corrected chi connectivity index (χ3v) is 4.10. The van der Waals surface area contributed by atoms with Gasteiger partial charge in [-0.05, 0) is 43.7 Å². The van der Waals surface area contributed by atoms with Crippen molar-refractivity contribution in [2.45, 2.75) is 45.6 Å². The van der Waals surface area contributed by atoms with E-state index in [1.807, 2.05) is 0 Å². The predicted octanol–water partition coefficient (Wildman–Crippen LogP) is 3.74. The van der Waals surface area contributed by atoms with Crippen molar-refractivity contribution in [2.75, 3.05) is 0 Å². The number of nitrogens with zero attached hydrogens (tertiary/aromatic N) is 2. The first-order valence-electron chi connectivity index (χ1n) is 6.79. The summed E-state index contributed by atoms with van der Waals surface area (Å²) < 4.78 is 2.48. The molecular weight excluding hydrogens is 220 g/mol. The van der Waals surface area contributed by atoms with Crippen molar-refractivity contribution in [3.05, 3.63) is 35.0 Å². The third-order valence-electron chi connectivity index (χ3n) is 4.10. The van der Waals surface area contributed by atoms with Crippen LogP contribution in [0.25, 0.3) is 10.9 Å². The van der Waals surface area contributed by atoms with E-state index in [1.165, 1.54) is 40.6 Å². The van der Waals surface area contributed by atoms with Gasteiger partial charge < -0.3 is 4.57 Å². The third kappa shape index (κ3) is 1.62. The molecule has 2 nitrogen and oxygen atoms in total. The molecule has 2 heteroatoms. The van der Waals surface area contributed by atoms with Crippen LogP contribution >= 0.6 is 0 Å². The summed E-state index contributed by atoms with van der Waals surface area (Å²) in [5.74, 6) is 0. The molecule has 1 aliphatic rings. The summed E-state index contributed by atoms with van der Waals surface area (Å²) in [5.41, 5.74) is 5.82. The van der Waals surface area contributed by atoms with Crippen LogP contribution in [-0.2, 0) is 19.4 Å². The minimum atomic E-state index is 0.659. The fourth-order valence-corrected chi connectivity index (χ4v) is 3.25. The second-order valence-electron chi connectivity index (χ2n) is 5.14. The van der Waals surface area contributed by atoms with Gasteiger partial charge in [-0.1, -0.05) is 18.2 Å². The van der Waals surface area contributed by atoms with Gasteiger partial charge in [0.05, 0.1) is 11.6 Å². The van der Waals surface area contributed by atoms with Crippen molar-refractivity contribution >= 4 is 10.9 Å². The van der Waals surface area contributed by atoms with Gasteiger partial charge in [0, 0.05) is 24.0 Å². The summed E-state index contributed by atoms with van der Waals surface area (Å²) >= 11 is 0. The molecule has 1 aromatic heterocycles. The summed E-state index contributed by atoms with van der Waals surface area (Å²) in [6.45, 7) is 3.38. The summed E-state index contributed by atoms with van der Waals surface area (Å²) in [4.78, 5) is 0. The van der Waals surface area contributed by atoms with Crippen molar-refractivity contribution in [1.29, 1.82) is 5.26 Å². The molecule has 0 N–H and O–H groups in total. The van der Waals surface area contributed by atoms with Gasteiger partial charge in [-0.15, -0.1) is 0 Å². The van der Waals surface area contributed by atoms with Crippen LogP contribution in [0.5, 0.6) is 0 Å². The SMILES string of the molecule is Cc1c(CCCC#N)c2cccc3c2n1CCC3. The molecule has 3 rings (SSSR count). The van der Waals surface area contributed by atoms with Crippen LogP contribution in [0, 0.1) is 18.3 Å². The van der Waals surface area contributed by atoms with E-state index in [-0.39, 0.29) is 0 Å². The van der Waals surface area contributed by atoms with Gasteiger partial charge in [0.15, 0.2) is 0 Å². The van der Waals surface area contributed by atoms with Crippen LogP contribution in [0.15, 0.2) is 18.2 Å². The van der Waals surface area contributed by atoms with Crippen LogP contribution in [0.2, 0.25) is 0 Å². The van der Waals surface area contributed by atoms with Gasteiger partial charge in [0.25, 0.3) is 0 Å². The number of aromatic nitrogens is 1. The summed E-state index contributed by atoms with van der Waals surface area (Å²) in [7, 11) is 0. The lowest BCUT2D eigenvalue weighted by Gasteiger charge is -2.16. The van der Waals surface area contributed by atoms with Crippen LogP contribution in [0.3, 0.4) is 0 Å².